The second kappa shape index (κ2) is 32.5. The van der Waals surface area contributed by atoms with E-state index in [0.717, 1.165) is 69.7 Å². The van der Waals surface area contributed by atoms with E-state index in [1.165, 1.54) is 72.9 Å². The Labute approximate surface area is 593 Å². The van der Waals surface area contributed by atoms with Crippen molar-refractivity contribution in [3.63, 3.8) is 0 Å². The first-order valence-corrected chi connectivity index (χ1v) is 30.7. The van der Waals surface area contributed by atoms with E-state index in [4.69, 9.17) is 84.3 Å². The quantitative estimate of drug-likeness (QED) is 0.0407. The smallest absolute Gasteiger partial charge is 0.423 e. The molecule has 2 aromatic heterocycles. The average Bonchev–Trinajstić information content (AvgIpc) is 0.780. The maximum Gasteiger partial charge on any atom is 0.423 e. The summed E-state index contributed by atoms with van der Waals surface area (Å²) in [5, 5.41) is 32.9. The van der Waals surface area contributed by atoms with Gasteiger partial charge >= 0.3 is 42.4 Å². The summed E-state index contributed by atoms with van der Waals surface area (Å²) >= 11 is 26.4. The van der Waals surface area contributed by atoms with E-state index in [2.05, 4.69) is 24.7 Å². The molecule has 0 saturated carbocycles. The molecule has 0 aliphatic heterocycles. The molecule has 0 fully saturated rings. The molecular formula is C63H72Cl4N12O21. The van der Waals surface area contributed by atoms with Crippen LogP contribution >= 0.6 is 46.4 Å². The molecule has 1 N–H and O–H groups in total. The lowest BCUT2D eigenvalue weighted by Crippen LogP contribution is -2.48. The summed E-state index contributed by atoms with van der Waals surface area (Å²) in [6.07, 6.45) is -2.56. The molecule has 0 aliphatic rings. The maximum absolute atomic E-state index is 14.3. The van der Waals surface area contributed by atoms with Crippen molar-refractivity contribution in [3.05, 3.63) is 125 Å². The number of halogens is 4. The van der Waals surface area contributed by atoms with Gasteiger partial charge in [0.1, 0.15) is 124 Å². The van der Waals surface area contributed by atoms with Crippen LogP contribution in [0.4, 0.5) is 86.2 Å². The number of esters is 1. The van der Waals surface area contributed by atoms with E-state index in [1.54, 1.807) is 83.1 Å². The summed E-state index contributed by atoms with van der Waals surface area (Å²) in [7, 11) is 8.81. The number of benzene rings is 4. The van der Waals surface area contributed by atoms with Crippen molar-refractivity contribution < 1.29 is 91.1 Å². The minimum atomic E-state index is -1.19. The molecule has 6 rings (SSSR count). The third kappa shape index (κ3) is 19.5. The van der Waals surface area contributed by atoms with Crippen molar-refractivity contribution in [2.24, 2.45) is 0 Å². The largest absolute Gasteiger partial charge is 0.495 e. The number of carbonyl (C=O) groups is 7. The van der Waals surface area contributed by atoms with Crippen LogP contribution in [-0.2, 0) is 30.3 Å². The van der Waals surface area contributed by atoms with E-state index < -0.39 is 92.6 Å². The van der Waals surface area contributed by atoms with Crippen molar-refractivity contribution in [3.8, 4) is 23.0 Å². The van der Waals surface area contributed by atoms with Crippen LogP contribution in [0, 0.1) is 20.2 Å². The summed E-state index contributed by atoms with van der Waals surface area (Å²) < 4.78 is 48.1. The molecule has 37 heteroatoms. The molecule has 0 spiro atoms. The number of aromatic nitrogens is 4. The first-order valence-electron chi connectivity index (χ1n) is 29.2. The van der Waals surface area contributed by atoms with E-state index in [1.807, 2.05) is 0 Å². The third-order valence-corrected chi connectivity index (χ3v) is 14.2. The van der Waals surface area contributed by atoms with Crippen LogP contribution < -0.4 is 48.3 Å². The van der Waals surface area contributed by atoms with E-state index >= 15 is 0 Å². The van der Waals surface area contributed by atoms with Gasteiger partial charge in [0, 0.05) is 50.5 Å². The lowest BCUT2D eigenvalue weighted by molar-refractivity contribution is -0.384. The van der Waals surface area contributed by atoms with Crippen LogP contribution in [-0.4, -0.2) is 149 Å². The standard InChI is InChI=1S/C32H36Cl2N6O11.C31H36Cl2N6O10/c1-31(2,3)50-29(43)38(18-12-11-17(27(41)49-10)13-19(18)40(45)46)23-15-22(35-16-36-23)37(7)28(42)39(30(44)51-32(4,5)6)26-24(33)20(47-8)14-21(48-9)25(26)34;1-30(2,3)48-28(42)37(18-11-10-17(15-40)12-19(18)39(44)45)23-14-22(34-16-35-23)36(7)27(41)38(29(43)49-31(4,5)6)26-24(32)20(46-8)13-21(47-9)25(26)33/h11-16H,1-10H3;10-14,16,40H,15H2,1-9H3. The molecule has 6 aromatic rings. The number of ether oxygens (including phenoxy) is 9. The van der Waals surface area contributed by atoms with Gasteiger partial charge < -0.3 is 47.7 Å². The van der Waals surface area contributed by atoms with E-state index in [0.29, 0.717) is 9.80 Å². The zero-order valence-electron chi connectivity index (χ0n) is 57.6. The number of rotatable bonds is 16. The van der Waals surface area contributed by atoms with Crippen molar-refractivity contribution in [1.29, 1.82) is 0 Å². The molecule has 100 heavy (non-hydrogen) atoms. The van der Waals surface area contributed by atoms with Gasteiger partial charge in [0.15, 0.2) is 0 Å². The van der Waals surface area contributed by atoms with Gasteiger partial charge in [-0.3, -0.25) is 30.0 Å². The van der Waals surface area contributed by atoms with Crippen LogP contribution in [0.2, 0.25) is 20.1 Å². The summed E-state index contributed by atoms with van der Waals surface area (Å²) in [5.74, 6) is -1.75. The number of nitrogens with zero attached hydrogens (tertiary/aromatic N) is 12. The van der Waals surface area contributed by atoms with Gasteiger partial charge in [-0.15, -0.1) is 0 Å². The number of nitro benzene ring substituents is 2. The SMILES string of the molecule is COC(=O)c1ccc(N(C(=O)OC(C)(C)C)c2cc(N(C)C(=O)N(C(=O)OC(C)(C)C)c3c(Cl)c(OC)cc(OC)c3Cl)ncn2)c([N+](=O)[O-])c1.COc1cc(OC)c(Cl)c(N(C(=O)OC(C)(C)C)C(=O)N(C)c2cc(N(C(=O)OC(C)(C)C)c3ccc(CO)cc3[N+](=O)[O-])ncn2)c1Cl. The van der Waals surface area contributed by atoms with Crippen molar-refractivity contribution >= 4 is 146 Å². The zero-order chi connectivity index (χ0) is 75.6. The minimum absolute atomic E-state index is 0.00839. The Hall–Kier alpha value is -10.4. The van der Waals surface area contributed by atoms with Crippen molar-refractivity contribution in [1.82, 2.24) is 19.9 Å². The van der Waals surface area contributed by atoms with E-state index in [9.17, 15) is 58.9 Å². The van der Waals surface area contributed by atoms with Crippen LogP contribution in [0.15, 0.2) is 73.3 Å². The predicted molar refractivity (Wildman–Crippen MR) is 368 cm³/mol. The second-order valence-electron chi connectivity index (χ2n) is 24.6. The number of hydrogen-bond acceptors (Lipinski definition) is 25. The van der Waals surface area contributed by atoms with Gasteiger partial charge in [-0.25, -0.2) is 63.3 Å². The normalized spacial score (nSPS) is 11.3. The number of imide groups is 2. The molecule has 2 heterocycles. The van der Waals surface area contributed by atoms with Gasteiger partial charge in [-0.05, 0) is 107 Å². The Morgan fingerprint density at radius 1 is 0.460 bits per heavy atom. The van der Waals surface area contributed by atoms with Crippen LogP contribution in [0.25, 0.3) is 0 Å². The molecule has 0 unspecified atom stereocenters. The zero-order valence-corrected chi connectivity index (χ0v) is 60.6. The van der Waals surface area contributed by atoms with Crippen LogP contribution in [0.3, 0.4) is 0 Å². The molecule has 0 saturated heterocycles. The Morgan fingerprint density at radius 2 is 0.770 bits per heavy atom. The van der Waals surface area contributed by atoms with Gasteiger partial charge in [-0.1, -0.05) is 52.5 Å². The highest BCUT2D eigenvalue weighted by atomic mass is 35.5. The molecule has 0 atom stereocenters. The second-order valence-corrected chi connectivity index (χ2v) is 26.1. The molecule has 33 nitrogen and oxygen atoms in total. The predicted octanol–water partition coefficient (Wildman–Crippen LogP) is 14.8. The molecular weight excluding hydrogens is 1400 g/mol. The highest BCUT2D eigenvalue weighted by molar-refractivity contribution is 6.44. The first kappa shape index (κ1) is 80.3. The Bertz CT molecular complexity index is 4080. The number of methoxy groups -OCH3 is 5. The van der Waals surface area contributed by atoms with Gasteiger partial charge in [0.2, 0.25) is 0 Å². The fourth-order valence-corrected chi connectivity index (χ4v) is 9.76. The number of urea groups is 2. The van der Waals surface area contributed by atoms with E-state index in [-0.39, 0.29) is 100 Å². The maximum atomic E-state index is 14.3. The average molecular weight is 1480 g/mol. The summed E-state index contributed by atoms with van der Waals surface area (Å²) in [4.78, 5) is 139. The summed E-state index contributed by atoms with van der Waals surface area (Å²) in [6.45, 7) is 18.5. The highest BCUT2D eigenvalue weighted by Gasteiger charge is 2.41. The topological polar surface area (TPSA) is 380 Å². The number of anilines is 8. The van der Waals surface area contributed by atoms with Crippen LogP contribution in [0.5, 0.6) is 23.0 Å². The number of amides is 8. The molecule has 538 valence electrons. The molecule has 0 bridgehead atoms. The lowest BCUT2D eigenvalue weighted by atomic mass is 10.1. The summed E-state index contributed by atoms with van der Waals surface area (Å²) in [5.41, 5.74) is -6.75. The summed E-state index contributed by atoms with van der Waals surface area (Å²) in [6, 6.07) is 9.80. The first-order chi connectivity index (χ1) is 46.4. The van der Waals surface area contributed by atoms with Gasteiger partial charge in [-0.2, -0.15) is 9.80 Å². The van der Waals surface area contributed by atoms with Gasteiger partial charge in [0.05, 0.1) is 57.6 Å². The van der Waals surface area contributed by atoms with Crippen molar-refractivity contribution in [2.45, 2.75) is 112 Å². The van der Waals surface area contributed by atoms with Crippen molar-refractivity contribution in [2.75, 3.05) is 79.0 Å². The fraction of sp³-hybridized carbons (Fsp3) is 0.381. The Kier molecular flexibility index (Phi) is 26.1. The number of hydrogen-bond donors (Lipinski definition) is 1. The molecule has 4 aromatic carbocycles. The fourth-order valence-electron chi connectivity index (χ4n) is 8.42. The number of carbonyl (C=O) groups excluding carboxylic acids is 7. The van der Waals surface area contributed by atoms with Gasteiger partial charge in [0.25, 0.3) is 11.4 Å². The number of nitro groups is 2. The number of aliphatic hydroxyl groups excluding tert-OH is 1. The number of aliphatic hydroxyl groups is 1. The Balaban J connectivity index is 0.000000361. The Morgan fingerprint density at radius 3 is 1.07 bits per heavy atom. The highest BCUT2D eigenvalue weighted by Crippen LogP contribution is 2.49. The van der Waals surface area contributed by atoms with Crippen LogP contribution in [0.1, 0.15) is 99.0 Å². The lowest BCUT2D eigenvalue weighted by Gasteiger charge is -2.31. The molecule has 0 radical (unpaired) electrons. The minimum Gasteiger partial charge on any atom is -0.495 e. The monoisotopic (exact) mass is 1470 g/mol. The third-order valence-electron chi connectivity index (χ3n) is 12.7. The molecule has 0 aliphatic carbocycles. The molecule has 8 amide bonds.